The highest BCUT2D eigenvalue weighted by atomic mass is 15.1. The standard InChI is InChI=1S/C40H26N2/c1-3-13-28(14-4-1)41(29-15-5-2-6-16-29)30-17-10-18-31(26-30)42-36-23-11-22-35-33-20-8-7-19-32(33)34-21-9-12-27-24-25-37(42)40(38(27)34)39(35)36/h1-26H. The van der Waals surface area contributed by atoms with Crippen LogP contribution >= 0.6 is 0 Å². The fraction of sp³-hybridized carbons (Fsp3) is 0. The molecule has 0 unspecified atom stereocenters. The lowest BCUT2D eigenvalue weighted by atomic mass is 9.93. The van der Waals surface area contributed by atoms with E-state index in [1.54, 1.807) is 0 Å². The first kappa shape index (κ1) is 23.1. The molecule has 1 aromatic heterocycles. The van der Waals surface area contributed by atoms with E-state index in [1.807, 2.05) is 0 Å². The molecule has 7 aromatic carbocycles. The van der Waals surface area contributed by atoms with Crippen LogP contribution in [-0.2, 0) is 0 Å². The van der Waals surface area contributed by atoms with Crippen LogP contribution < -0.4 is 4.90 Å². The van der Waals surface area contributed by atoms with Crippen LogP contribution in [0.5, 0.6) is 0 Å². The average Bonchev–Trinajstić information content (AvgIpc) is 3.34. The minimum atomic E-state index is 1.12. The molecule has 0 atom stereocenters. The highest BCUT2D eigenvalue weighted by Gasteiger charge is 2.24. The van der Waals surface area contributed by atoms with Crippen molar-refractivity contribution in [3.63, 3.8) is 0 Å². The van der Waals surface area contributed by atoms with Crippen LogP contribution in [-0.4, -0.2) is 4.57 Å². The maximum Gasteiger partial charge on any atom is 0.0548 e. The summed E-state index contributed by atoms with van der Waals surface area (Å²) in [5, 5.41) is 5.27. The topological polar surface area (TPSA) is 8.17 Å². The van der Waals surface area contributed by atoms with Gasteiger partial charge in [-0.3, -0.25) is 0 Å². The van der Waals surface area contributed by atoms with Crippen LogP contribution in [0.1, 0.15) is 0 Å². The van der Waals surface area contributed by atoms with Gasteiger partial charge in [0.05, 0.1) is 11.0 Å². The monoisotopic (exact) mass is 534 g/mol. The summed E-state index contributed by atoms with van der Waals surface area (Å²) >= 11 is 0. The van der Waals surface area contributed by atoms with Crippen molar-refractivity contribution in [2.45, 2.75) is 0 Å². The largest absolute Gasteiger partial charge is 0.310 e. The van der Waals surface area contributed by atoms with Crippen LogP contribution in [0.25, 0.3) is 60.5 Å². The van der Waals surface area contributed by atoms with Gasteiger partial charge in [0.1, 0.15) is 0 Å². The molecular formula is C40H26N2. The van der Waals surface area contributed by atoms with Gasteiger partial charge in [0.2, 0.25) is 0 Å². The first-order valence-corrected chi connectivity index (χ1v) is 14.5. The van der Waals surface area contributed by atoms with Gasteiger partial charge in [0, 0.05) is 33.5 Å². The Balaban J connectivity index is 1.36. The van der Waals surface area contributed by atoms with Crippen LogP contribution in [0.15, 0.2) is 158 Å². The Kier molecular flexibility index (Phi) is 4.93. The molecule has 0 amide bonds. The van der Waals surface area contributed by atoms with Crippen molar-refractivity contribution < 1.29 is 0 Å². The molecule has 8 aromatic rings. The van der Waals surface area contributed by atoms with E-state index in [0.717, 1.165) is 22.7 Å². The highest BCUT2D eigenvalue weighted by Crippen LogP contribution is 2.49. The molecule has 0 fully saturated rings. The number of hydrogen-bond acceptors (Lipinski definition) is 1. The number of para-hydroxylation sites is 2. The van der Waals surface area contributed by atoms with Gasteiger partial charge in [0.15, 0.2) is 0 Å². The smallest absolute Gasteiger partial charge is 0.0548 e. The summed E-state index contributed by atoms with van der Waals surface area (Å²) in [6.45, 7) is 0. The maximum absolute atomic E-state index is 2.45. The zero-order chi connectivity index (χ0) is 27.6. The van der Waals surface area contributed by atoms with Crippen molar-refractivity contribution in [1.29, 1.82) is 0 Å². The van der Waals surface area contributed by atoms with Crippen LogP contribution in [0.2, 0.25) is 0 Å². The number of hydrogen-bond donors (Lipinski definition) is 0. The van der Waals surface area contributed by atoms with E-state index < -0.39 is 0 Å². The van der Waals surface area contributed by atoms with Gasteiger partial charge in [-0.1, -0.05) is 103 Å². The van der Waals surface area contributed by atoms with Gasteiger partial charge >= 0.3 is 0 Å². The zero-order valence-corrected chi connectivity index (χ0v) is 22.9. The number of rotatable bonds is 4. The summed E-state index contributed by atoms with van der Waals surface area (Å²) in [4.78, 5) is 2.33. The third-order valence-corrected chi connectivity index (χ3v) is 8.68. The predicted octanol–water partition coefficient (Wildman–Crippen LogP) is 11.1. The molecule has 0 spiro atoms. The molecule has 0 N–H and O–H groups in total. The second-order valence-electron chi connectivity index (χ2n) is 11.0. The Morgan fingerprint density at radius 2 is 0.905 bits per heavy atom. The Bertz CT molecular complexity index is 2260. The van der Waals surface area contributed by atoms with Gasteiger partial charge in [-0.2, -0.15) is 0 Å². The SMILES string of the molecule is c1ccc(N(c2ccccc2)c2cccc(-n3c4cccc5c4c4c6c(cccc6ccc43)-c3ccccc3-5)c2)cc1. The third-order valence-electron chi connectivity index (χ3n) is 8.68. The third kappa shape index (κ3) is 3.27. The normalized spacial score (nSPS) is 11.8. The van der Waals surface area contributed by atoms with Gasteiger partial charge in [-0.15, -0.1) is 0 Å². The fourth-order valence-electron chi connectivity index (χ4n) is 6.98. The van der Waals surface area contributed by atoms with Crippen molar-refractivity contribution in [3.8, 4) is 27.9 Å². The molecule has 1 heterocycles. The highest BCUT2D eigenvalue weighted by molar-refractivity contribution is 6.30. The Morgan fingerprint density at radius 3 is 1.62 bits per heavy atom. The van der Waals surface area contributed by atoms with E-state index in [4.69, 9.17) is 0 Å². The van der Waals surface area contributed by atoms with Crippen molar-refractivity contribution in [2.24, 2.45) is 0 Å². The molecule has 0 bridgehead atoms. The van der Waals surface area contributed by atoms with E-state index in [2.05, 4.69) is 167 Å². The van der Waals surface area contributed by atoms with E-state index >= 15 is 0 Å². The number of anilines is 3. The molecule has 2 heteroatoms. The second kappa shape index (κ2) is 8.95. The molecule has 0 aliphatic heterocycles. The second-order valence-corrected chi connectivity index (χ2v) is 11.0. The van der Waals surface area contributed by atoms with Crippen molar-refractivity contribution in [3.05, 3.63) is 158 Å². The van der Waals surface area contributed by atoms with Gasteiger partial charge in [-0.25, -0.2) is 0 Å². The molecule has 9 rings (SSSR count). The van der Waals surface area contributed by atoms with Gasteiger partial charge in [-0.05, 0) is 87.6 Å². The van der Waals surface area contributed by atoms with Crippen molar-refractivity contribution >= 4 is 49.6 Å². The van der Waals surface area contributed by atoms with Gasteiger partial charge < -0.3 is 9.47 Å². The van der Waals surface area contributed by atoms with E-state index in [0.29, 0.717) is 0 Å². The first-order valence-electron chi connectivity index (χ1n) is 14.5. The number of benzene rings is 7. The lowest BCUT2D eigenvalue weighted by Crippen LogP contribution is -2.10. The zero-order valence-electron chi connectivity index (χ0n) is 22.9. The minimum absolute atomic E-state index is 1.12. The molecule has 2 nitrogen and oxygen atoms in total. The number of nitrogens with zero attached hydrogens (tertiary/aromatic N) is 2. The molecular weight excluding hydrogens is 508 g/mol. The molecule has 0 saturated carbocycles. The maximum atomic E-state index is 2.45. The molecule has 0 radical (unpaired) electrons. The fourth-order valence-corrected chi connectivity index (χ4v) is 6.98. The molecule has 42 heavy (non-hydrogen) atoms. The summed E-state index contributed by atoms with van der Waals surface area (Å²) in [5.41, 5.74) is 12.2. The summed E-state index contributed by atoms with van der Waals surface area (Å²) in [6, 6.07) is 57.1. The Morgan fingerprint density at radius 1 is 0.357 bits per heavy atom. The number of fused-ring (bicyclic) bond motifs is 3. The van der Waals surface area contributed by atoms with Crippen LogP contribution in [0.3, 0.4) is 0 Å². The molecule has 0 saturated heterocycles. The first-order chi connectivity index (χ1) is 20.9. The average molecular weight is 535 g/mol. The van der Waals surface area contributed by atoms with Crippen molar-refractivity contribution in [2.75, 3.05) is 4.90 Å². The quantitative estimate of drug-likeness (QED) is 0.218. The minimum Gasteiger partial charge on any atom is -0.310 e. The van der Waals surface area contributed by atoms with Crippen molar-refractivity contribution in [1.82, 2.24) is 4.57 Å². The van der Waals surface area contributed by atoms with E-state index in [9.17, 15) is 0 Å². The lowest BCUT2D eigenvalue weighted by Gasteiger charge is -2.26. The Labute approximate surface area is 244 Å². The van der Waals surface area contributed by atoms with E-state index in [-0.39, 0.29) is 0 Å². The molecule has 196 valence electrons. The lowest BCUT2D eigenvalue weighted by molar-refractivity contribution is 1.17. The van der Waals surface area contributed by atoms with Crippen LogP contribution in [0.4, 0.5) is 17.1 Å². The summed E-state index contributed by atoms with van der Waals surface area (Å²) in [6.07, 6.45) is 0. The van der Waals surface area contributed by atoms with E-state index in [1.165, 1.54) is 54.8 Å². The summed E-state index contributed by atoms with van der Waals surface area (Å²) < 4.78 is 2.45. The van der Waals surface area contributed by atoms with Gasteiger partial charge in [0.25, 0.3) is 0 Å². The molecule has 1 aliphatic rings. The van der Waals surface area contributed by atoms with Crippen LogP contribution in [0, 0.1) is 0 Å². The Hall–Kier alpha value is -5.60. The predicted molar refractivity (Wildman–Crippen MR) is 177 cm³/mol. The summed E-state index contributed by atoms with van der Waals surface area (Å²) in [7, 11) is 0. The summed E-state index contributed by atoms with van der Waals surface area (Å²) in [5.74, 6) is 0. The number of aromatic nitrogens is 1. The molecule has 1 aliphatic carbocycles.